The van der Waals surface area contributed by atoms with Crippen molar-refractivity contribution in [1.29, 1.82) is 0 Å². The Hall–Kier alpha value is -2.10. The van der Waals surface area contributed by atoms with Crippen LogP contribution in [0, 0.1) is 0 Å². The van der Waals surface area contributed by atoms with Crippen LogP contribution in [0.2, 0.25) is 0 Å². The summed E-state index contributed by atoms with van der Waals surface area (Å²) >= 11 is 0. The van der Waals surface area contributed by atoms with E-state index in [2.05, 4.69) is 38.0 Å². The zero-order chi connectivity index (χ0) is 15.4. The summed E-state index contributed by atoms with van der Waals surface area (Å²) in [7, 11) is 0. The van der Waals surface area contributed by atoms with Crippen molar-refractivity contribution >= 4 is 12.1 Å². The number of nitrogen functional groups attached to an aromatic ring is 1. The van der Waals surface area contributed by atoms with Gasteiger partial charge in [0.15, 0.2) is 6.29 Å². The molecule has 1 unspecified atom stereocenters. The highest BCUT2D eigenvalue weighted by molar-refractivity contribution is 5.91. The van der Waals surface area contributed by atoms with Gasteiger partial charge in [0.25, 0.3) is 0 Å². The molecule has 0 aliphatic heterocycles. The van der Waals surface area contributed by atoms with Crippen LogP contribution in [0.25, 0.3) is 11.3 Å². The van der Waals surface area contributed by atoms with Gasteiger partial charge in [-0.2, -0.15) is 5.10 Å². The summed E-state index contributed by atoms with van der Waals surface area (Å²) in [5, 5.41) is 4.50. The zero-order valence-electron chi connectivity index (χ0n) is 13.0. The van der Waals surface area contributed by atoms with Crippen molar-refractivity contribution in [3.8, 4) is 11.3 Å². The number of nitrogens with two attached hydrogens (primary N) is 1. The van der Waals surface area contributed by atoms with Gasteiger partial charge in [0.1, 0.15) is 11.5 Å². The molecular formula is C17H23N3O. The zero-order valence-corrected chi connectivity index (χ0v) is 13.0. The molecule has 0 radical (unpaired) electrons. The first-order valence-corrected chi connectivity index (χ1v) is 7.54. The Labute approximate surface area is 126 Å². The lowest BCUT2D eigenvalue weighted by Gasteiger charge is -2.09. The SMILES string of the molecule is CCCn1nc(-c2ccc(C(C)CC)cc2)c(C=O)c1N. The minimum absolute atomic E-state index is 0.452. The van der Waals surface area contributed by atoms with Crippen LogP contribution in [0.5, 0.6) is 0 Å². The fourth-order valence-electron chi connectivity index (χ4n) is 2.41. The van der Waals surface area contributed by atoms with Crippen molar-refractivity contribution in [2.24, 2.45) is 0 Å². The van der Waals surface area contributed by atoms with E-state index in [1.807, 2.05) is 12.1 Å². The van der Waals surface area contributed by atoms with Gasteiger partial charge in [-0.25, -0.2) is 4.68 Å². The first-order chi connectivity index (χ1) is 10.1. The number of aryl methyl sites for hydroxylation is 1. The van der Waals surface area contributed by atoms with Crippen LogP contribution in [0.1, 0.15) is 55.5 Å². The van der Waals surface area contributed by atoms with Crippen LogP contribution >= 0.6 is 0 Å². The third-order valence-corrected chi connectivity index (χ3v) is 3.95. The molecule has 0 aliphatic rings. The number of carbonyl (C=O) groups is 1. The predicted octanol–water partition coefficient (Wildman–Crippen LogP) is 3.87. The number of anilines is 1. The standard InChI is InChI=1S/C17H23N3O/c1-4-10-20-17(18)15(11-21)16(19-20)14-8-6-13(7-9-14)12(3)5-2/h6-9,11-12H,4-5,10,18H2,1-3H3. The van der Waals surface area contributed by atoms with Crippen LogP contribution in [0.3, 0.4) is 0 Å². The highest BCUT2D eigenvalue weighted by atomic mass is 16.1. The van der Waals surface area contributed by atoms with Crippen molar-refractivity contribution in [1.82, 2.24) is 9.78 Å². The van der Waals surface area contributed by atoms with Gasteiger partial charge in [-0.05, 0) is 24.3 Å². The number of aromatic nitrogens is 2. The Morgan fingerprint density at radius 1 is 1.29 bits per heavy atom. The lowest BCUT2D eigenvalue weighted by molar-refractivity contribution is 0.112. The van der Waals surface area contributed by atoms with Gasteiger partial charge in [0.2, 0.25) is 0 Å². The van der Waals surface area contributed by atoms with Crippen LogP contribution in [0.15, 0.2) is 24.3 Å². The summed E-state index contributed by atoms with van der Waals surface area (Å²) in [5.41, 5.74) is 9.40. The second-order valence-electron chi connectivity index (χ2n) is 5.42. The molecule has 0 amide bonds. The molecule has 2 aromatic rings. The fourth-order valence-corrected chi connectivity index (χ4v) is 2.41. The number of hydrogen-bond donors (Lipinski definition) is 1. The molecule has 0 saturated heterocycles. The number of carbonyl (C=O) groups excluding carboxylic acids is 1. The minimum Gasteiger partial charge on any atom is -0.383 e. The second-order valence-corrected chi connectivity index (χ2v) is 5.42. The second kappa shape index (κ2) is 6.57. The van der Waals surface area contributed by atoms with E-state index in [1.54, 1.807) is 4.68 Å². The van der Waals surface area contributed by atoms with Gasteiger partial charge in [-0.3, -0.25) is 4.79 Å². The fraction of sp³-hybridized carbons (Fsp3) is 0.412. The Morgan fingerprint density at radius 3 is 2.48 bits per heavy atom. The quantitative estimate of drug-likeness (QED) is 0.820. The largest absolute Gasteiger partial charge is 0.383 e. The maximum atomic E-state index is 11.3. The van der Waals surface area contributed by atoms with Crippen LogP contribution in [0.4, 0.5) is 5.82 Å². The molecule has 0 aliphatic carbocycles. The van der Waals surface area contributed by atoms with E-state index in [9.17, 15) is 4.79 Å². The first-order valence-electron chi connectivity index (χ1n) is 7.54. The van der Waals surface area contributed by atoms with E-state index < -0.39 is 0 Å². The normalized spacial score (nSPS) is 12.3. The van der Waals surface area contributed by atoms with E-state index in [1.165, 1.54) is 5.56 Å². The van der Waals surface area contributed by atoms with Crippen LogP contribution in [-0.2, 0) is 6.54 Å². The first kappa shape index (κ1) is 15.3. The number of benzene rings is 1. The topological polar surface area (TPSA) is 60.9 Å². The van der Waals surface area contributed by atoms with E-state index in [0.717, 1.165) is 31.2 Å². The average Bonchev–Trinajstić information content (AvgIpc) is 2.83. The Morgan fingerprint density at radius 2 is 1.95 bits per heavy atom. The maximum Gasteiger partial charge on any atom is 0.156 e. The minimum atomic E-state index is 0.452. The smallest absolute Gasteiger partial charge is 0.156 e. The number of aldehydes is 1. The summed E-state index contributed by atoms with van der Waals surface area (Å²) < 4.78 is 1.71. The van der Waals surface area contributed by atoms with E-state index in [0.29, 0.717) is 23.0 Å². The molecule has 2 N–H and O–H groups in total. The van der Waals surface area contributed by atoms with E-state index in [4.69, 9.17) is 5.73 Å². The molecule has 4 heteroatoms. The lowest BCUT2D eigenvalue weighted by atomic mass is 9.96. The monoisotopic (exact) mass is 285 g/mol. The third-order valence-electron chi connectivity index (χ3n) is 3.95. The van der Waals surface area contributed by atoms with Crippen LogP contribution < -0.4 is 5.73 Å². The maximum absolute atomic E-state index is 11.3. The molecule has 0 spiro atoms. The van der Waals surface area contributed by atoms with Gasteiger partial charge >= 0.3 is 0 Å². The van der Waals surface area contributed by atoms with Gasteiger partial charge in [-0.1, -0.05) is 45.0 Å². The van der Waals surface area contributed by atoms with Gasteiger partial charge in [0, 0.05) is 12.1 Å². The van der Waals surface area contributed by atoms with E-state index in [-0.39, 0.29) is 0 Å². The molecule has 1 atom stereocenters. The molecule has 0 saturated carbocycles. The van der Waals surface area contributed by atoms with Crippen molar-refractivity contribution < 1.29 is 4.79 Å². The van der Waals surface area contributed by atoms with Crippen molar-refractivity contribution in [3.05, 3.63) is 35.4 Å². The highest BCUT2D eigenvalue weighted by Crippen LogP contribution is 2.28. The molecule has 21 heavy (non-hydrogen) atoms. The molecule has 4 nitrogen and oxygen atoms in total. The third kappa shape index (κ3) is 2.99. The number of rotatable bonds is 6. The Kier molecular flexibility index (Phi) is 4.78. The van der Waals surface area contributed by atoms with Gasteiger partial charge in [-0.15, -0.1) is 0 Å². The summed E-state index contributed by atoms with van der Waals surface area (Å²) in [6, 6.07) is 8.25. The summed E-state index contributed by atoms with van der Waals surface area (Å²) in [6.07, 6.45) is 2.83. The van der Waals surface area contributed by atoms with Gasteiger partial charge < -0.3 is 5.73 Å². The van der Waals surface area contributed by atoms with Crippen molar-refractivity contribution in [2.75, 3.05) is 5.73 Å². The molecule has 2 rings (SSSR count). The molecule has 0 bridgehead atoms. The predicted molar refractivity (Wildman–Crippen MR) is 86.5 cm³/mol. The summed E-state index contributed by atoms with van der Waals surface area (Å²) in [5.74, 6) is 0.986. The van der Waals surface area contributed by atoms with Crippen LogP contribution in [-0.4, -0.2) is 16.1 Å². The molecule has 1 aromatic heterocycles. The Bertz CT molecular complexity index is 614. The molecule has 1 aromatic carbocycles. The Balaban J connectivity index is 2.41. The summed E-state index contributed by atoms with van der Waals surface area (Å²) in [4.78, 5) is 11.3. The molecule has 0 fully saturated rings. The number of hydrogen-bond acceptors (Lipinski definition) is 3. The highest BCUT2D eigenvalue weighted by Gasteiger charge is 2.16. The summed E-state index contributed by atoms with van der Waals surface area (Å²) in [6.45, 7) is 7.16. The van der Waals surface area contributed by atoms with Gasteiger partial charge in [0.05, 0.1) is 5.56 Å². The molecular weight excluding hydrogens is 262 g/mol. The molecule has 112 valence electrons. The van der Waals surface area contributed by atoms with E-state index >= 15 is 0 Å². The number of nitrogens with zero attached hydrogens (tertiary/aromatic N) is 2. The lowest BCUT2D eigenvalue weighted by Crippen LogP contribution is -2.04. The average molecular weight is 285 g/mol. The van der Waals surface area contributed by atoms with Crippen molar-refractivity contribution in [2.45, 2.75) is 46.1 Å². The van der Waals surface area contributed by atoms with Crippen molar-refractivity contribution in [3.63, 3.8) is 0 Å². The molecule has 1 heterocycles.